The molecule has 1 saturated heterocycles. The molecule has 0 radical (unpaired) electrons. The molecule has 1 fully saturated rings. The molecule has 1 aliphatic rings. The fourth-order valence-electron chi connectivity index (χ4n) is 1.78. The molecule has 1 N–H and O–H groups in total. The van der Waals surface area contributed by atoms with Crippen LogP contribution in [0, 0.1) is 5.82 Å². The number of amides is 3. The normalized spacial score (nSPS) is 15.8. The van der Waals surface area contributed by atoms with Crippen molar-refractivity contribution in [3.05, 3.63) is 35.6 Å². The molecule has 1 heterocycles. The van der Waals surface area contributed by atoms with Gasteiger partial charge >= 0.3 is 6.09 Å². The van der Waals surface area contributed by atoms with Crippen LogP contribution < -0.4 is 0 Å². The third-order valence-electron chi connectivity index (χ3n) is 2.78. The first kappa shape index (κ1) is 13.0. The highest BCUT2D eigenvalue weighted by molar-refractivity contribution is 6.01. The molecule has 7 heteroatoms. The lowest BCUT2D eigenvalue weighted by atomic mass is 10.2. The second-order valence-electron chi connectivity index (χ2n) is 4.14. The van der Waals surface area contributed by atoms with Crippen LogP contribution in [0.2, 0.25) is 0 Å². The van der Waals surface area contributed by atoms with Crippen LogP contribution in [0.1, 0.15) is 5.56 Å². The van der Waals surface area contributed by atoms with E-state index >= 15 is 0 Å². The Hall–Kier alpha value is -2.44. The quantitative estimate of drug-likeness (QED) is 0.798. The summed E-state index contributed by atoms with van der Waals surface area (Å²) in [6.07, 6.45) is -1.30. The average molecular weight is 266 g/mol. The minimum absolute atomic E-state index is 0.0193. The highest BCUT2D eigenvalue weighted by atomic mass is 19.1. The van der Waals surface area contributed by atoms with E-state index in [1.807, 2.05) is 0 Å². The molecule has 100 valence electrons. The number of hydrogen-bond donors (Lipinski definition) is 1. The van der Waals surface area contributed by atoms with E-state index in [2.05, 4.69) is 0 Å². The lowest BCUT2D eigenvalue weighted by molar-refractivity contribution is -0.151. The molecule has 0 atom stereocenters. The molecular weight excluding hydrogens is 255 g/mol. The highest BCUT2D eigenvalue weighted by Gasteiger charge is 2.33. The van der Waals surface area contributed by atoms with Crippen LogP contribution in [0.5, 0.6) is 0 Å². The van der Waals surface area contributed by atoms with E-state index in [0.29, 0.717) is 5.56 Å². The summed E-state index contributed by atoms with van der Waals surface area (Å²) in [6.45, 7) is -0.671. The van der Waals surface area contributed by atoms with Gasteiger partial charge in [-0.3, -0.25) is 19.4 Å². The summed E-state index contributed by atoms with van der Waals surface area (Å²) >= 11 is 0. The fourth-order valence-corrected chi connectivity index (χ4v) is 1.78. The van der Waals surface area contributed by atoms with Crippen molar-refractivity contribution in [1.29, 1.82) is 0 Å². The number of benzene rings is 1. The van der Waals surface area contributed by atoms with Gasteiger partial charge in [-0.15, -0.1) is 0 Å². The number of halogens is 1. The van der Waals surface area contributed by atoms with Gasteiger partial charge in [-0.05, 0) is 17.7 Å². The van der Waals surface area contributed by atoms with Crippen molar-refractivity contribution in [2.75, 3.05) is 13.1 Å². The van der Waals surface area contributed by atoms with Crippen LogP contribution in [0.3, 0.4) is 0 Å². The molecule has 0 saturated carbocycles. The van der Waals surface area contributed by atoms with Gasteiger partial charge in [0.2, 0.25) is 11.8 Å². The van der Waals surface area contributed by atoms with Crippen LogP contribution in [-0.2, 0) is 16.1 Å². The van der Waals surface area contributed by atoms with Crippen LogP contribution in [0.15, 0.2) is 24.3 Å². The van der Waals surface area contributed by atoms with Crippen molar-refractivity contribution in [1.82, 2.24) is 9.80 Å². The molecule has 0 unspecified atom stereocenters. The standard InChI is InChI=1S/C12H11FN2O4/c13-9-3-1-8(2-4-9)5-15-10(16)6-14(12(18)19)7-11(15)17/h1-4H,5-7H2,(H,18,19). The molecule has 1 aromatic carbocycles. The van der Waals surface area contributed by atoms with E-state index in [1.54, 1.807) is 0 Å². The zero-order valence-corrected chi connectivity index (χ0v) is 9.88. The zero-order chi connectivity index (χ0) is 14.0. The number of piperazine rings is 1. The van der Waals surface area contributed by atoms with Gasteiger partial charge in [0, 0.05) is 0 Å². The number of hydrogen-bond acceptors (Lipinski definition) is 3. The van der Waals surface area contributed by atoms with Gasteiger partial charge in [-0.1, -0.05) is 12.1 Å². The van der Waals surface area contributed by atoms with E-state index in [0.717, 1.165) is 9.80 Å². The molecule has 1 aromatic rings. The average Bonchev–Trinajstić information content (AvgIpc) is 2.35. The number of carboxylic acid groups (broad SMARTS) is 1. The van der Waals surface area contributed by atoms with Crippen LogP contribution in [0.25, 0.3) is 0 Å². The first-order valence-corrected chi connectivity index (χ1v) is 5.53. The van der Waals surface area contributed by atoms with E-state index in [-0.39, 0.29) is 19.6 Å². The van der Waals surface area contributed by atoms with Crippen LogP contribution in [-0.4, -0.2) is 45.9 Å². The van der Waals surface area contributed by atoms with Crippen LogP contribution >= 0.6 is 0 Å². The van der Waals surface area contributed by atoms with Gasteiger partial charge < -0.3 is 5.11 Å². The van der Waals surface area contributed by atoms with Gasteiger partial charge in [0.1, 0.15) is 18.9 Å². The number of imide groups is 1. The lowest BCUT2D eigenvalue weighted by Gasteiger charge is -2.31. The van der Waals surface area contributed by atoms with Crippen molar-refractivity contribution in [3.63, 3.8) is 0 Å². The van der Waals surface area contributed by atoms with E-state index in [1.165, 1.54) is 24.3 Å². The molecule has 2 rings (SSSR count). The second kappa shape index (κ2) is 5.05. The predicted octanol–water partition coefficient (Wildman–Crippen LogP) is 0.674. The molecule has 6 nitrogen and oxygen atoms in total. The Labute approximate surface area is 108 Å². The van der Waals surface area contributed by atoms with Crippen molar-refractivity contribution in [2.45, 2.75) is 6.54 Å². The highest BCUT2D eigenvalue weighted by Crippen LogP contribution is 2.11. The Morgan fingerprint density at radius 1 is 1.16 bits per heavy atom. The smallest absolute Gasteiger partial charge is 0.408 e. The Bertz CT molecular complexity index is 511. The Morgan fingerprint density at radius 3 is 2.16 bits per heavy atom. The monoisotopic (exact) mass is 266 g/mol. The third kappa shape index (κ3) is 2.87. The summed E-state index contributed by atoms with van der Waals surface area (Å²) in [5.41, 5.74) is 0.604. The maximum Gasteiger partial charge on any atom is 0.408 e. The Kier molecular flexibility index (Phi) is 3.46. The molecule has 3 amide bonds. The SMILES string of the molecule is O=C(O)N1CC(=O)N(Cc2ccc(F)cc2)C(=O)C1. The second-order valence-corrected chi connectivity index (χ2v) is 4.14. The maximum absolute atomic E-state index is 12.7. The van der Waals surface area contributed by atoms with Gasteiger partial charge in [0.05, 0.1) is 6.54 Å². The van der Waals surface area contributed by atoms with Gasteiger partial charge in [-0.25, -0.2) is 9.18 Å². The Balaban J connectivity index is 2.09. The fraction of sp³-hybridized carbons (Fsp3) is 0.250. The third-order valence-corrected chi connectivity index (χ3v) is 2.78. The van der Waals surface area contributed by atoms with Gasteiger partial charge in [0.15, 0.2) is 0 Å². The zero-order valence-electron chi connectivity index (χ0n) is 9.88. The molecule has 1 aliphatic heterocycles. The summed E-state index contributed by atoms with van der Waals surface area (Å²) in [7, 11) is 0. The number of carbonyl (C=O) groups is 3. The summed E-state index contributed by atoms with van der Waals surface area (Å²) < 4.78 is 12.7. The number of rotatable bonds is 2. The number of carbonyl (C=O) groups excluding carboxylic acids is 2. The first-order chi connectivity index (χ1) is 8.97. The topological polar surface area (TPSA) is 77.9 Å². The summed E-state index contributed by atoms with van der Waals surface area (Å²) in [5.74, 6) is -1.57. The van der Waals surface area contributed by atoms with Crippen LogP contribution in [0.4, 0.5) is 9.18 Å². The minimum Gasteiger partial charge on any atom is -0.465 e. The molecule has 0 bridgehead atoms. The van der Waals surface area contributed by atoms with E-state index in [4.69, 9.17) is 5.11 Å². The Morgan fingerprint density at radius 2 is 1.68 bits per heavy atom. The minimum atomic E-state index is -1.30. The van der Waals surface area contributed by atoms with Crippen molar-refractivity contribution in [2.24, 2.45) is 0 Å². The van der Waals surface area contributed by atoms with Gasteiger partial charge in [0.25, 0.3) is 0 Å². The van der Waals surface area contributed by atoms with Crippen molar-refractivity contribution in [3.8, 4) is 0 Å². The summed E-state index contributed by atoms with van der Waals surface area (Å²) in [4.78, 5) is 35.9. The van der Waals surface area contributed by atoms with E-state index < -0.39 is 23.7 Å². The molecule has 0 aliphatic carbocycles. The molecule has 0 spiro atoms. The largest absolute Gasteiger partial charge is 0.465 e. The van der Waals surface area contributed by atoms with Crippen molar-refractivity contribution >= 4 is 17.9 Å². The van der Waals surface area contributed by atoms with Crippen molar-refractivity contribution < 1.29 is 23.9 Å². The summed E-state index contributed by atoms with van der Waals surface area (Å²) in [6, 6.07) is 5.41. The predicted molar refractivity (Wildman–Crippen MR) is 61.6 cm³/mol. The molecule has 19 heavy (non-hydrogen) atoms. The molecular formula is C12H11FN2O4. The first-order valence-electron chi connectivity index (χ1n) is 5.53. The summed E-state index contributed by atoms with van der Waals surface area (Å²) in [5, 5.41) is 8.74. The lowest BCUT2D eigenvalue weighted by Crippen LogP contribution is -2.54. The molecule has 0 aromatic heterocycles. The van der Waals surface area contributed by atoms with Gasteiger partial charge in [-0.2, -0.15) is 0 Å². The number of nitrogens with zero attached hydrogens (tertiary/aromatic N) is 2. The maximum atomic E-state index is 12.7. The van der Waals surface area contributed by atoms with E-state index in [9.17, 15) is 18.8 Å².